The van der Waals surface area contributed by atoms with Crippen LogP contribution in [0, 0.1) is 18.3 Å². The predicted molar refractivity (Wildman–Crippen MR) is 27.8 cm³/mol. The molecule has 0 aromatic heterocycles. The third kappa shape index (κ3) is 0.942. The van der Waals surface area contributed by atoms with Crippen molar-refractivity contribution in [3.8, 4) is 12.3 Å². The van der Waals surface area contributed by atoms with Crippen LogP contribution < -0.4 is 0 Å². The second kappa shape index (κ2) is 1.99. The van der Waals surface area contributed by atoms with Crippen molar-refractivity contribution in [2.45, 2.75) is 6.42 Å². The topological polar surface area (TPSA) is 9.23 Å². The fourth-order valence-electron chi connectivity index (χ4n) is 0.666. The zero-order valence-corrected chi connectivity index (χ0v) is 4.18. The zero-order chi connectivity index (χ0) is 5.11. The fraction of sp³-hybridized carbons (Fsp3) is 0.667. The molecule has 0 N–H and O–H groups in total. The first-order valence-electron chi connectivity index (χ1n) is 2.47. The Bertz CT molecular complexity index is 84.8. The maximum absolute atomic E-state index is 5.10. The van der Waals surface area contributed by atoms with Crippen molar-refractivity contribution in [1.82, 2.24) is 0 Å². The van der Waals surface area contributed by atoms with Crippen molar-refractivity contribution in [1.29, 1.82) is 0 Å². The smallest absolute Gasteiger partial charge is 0.0604 e. The Morgan fingerprint density at radius 3 is 2.86 bits per heavy atom. The van der Waals surface area contributed by atoms with E-state index >= 15 is 0 Å². The molecule has 1 heteroatoms. The Kier molecular flexibility index (Phi) is 1.33. The summed E-state index contributed by atoms with van der Waals surface area (Å²) in [6, 6.07) is 0. The van der Waals surface area contributed by atoms with Gasteiger partial charge in [-0.15, -0.1) is 12.3 Å². The van der Waals surface area contributed by atoms with Gasteiger partial charge in [-0.25, -0.2) is 0 Å². The van der Waals surface area contributed by atoms with E-state index in [1.54, 1.807) is 0 Å². The van der Waals surface area contributed by atoms with E-state index in [9.17, 15) is 0 Å². The lowest BCUT2D eigenvalue weighted by molar-refractivity contribution is 0.192. The number of rotatable bonds is 0. The van der Waals surface area contributed by atoms with Crippen LogP contribution >= 0.6 is 0 Å². The van der Waals surface area contributed by atoms with E-state index in [0.29, 0.717) is 5.92 Å². The zero-order valence-electron chi connectivity index (χ0n) is 4.18. The van der Waals surface area contributed by atoms with E-state index in [1.807, 2.05) is 0 Å². The monoisotopic (exact) mass is 96.1 g/mol. The molecule has 0 radical (unpaired) electrons. The molecule has 1 fully saturated rings. The summed E-state index contributed by atoms with van der Waals surface area (Å²) in [7, 11) is 0. The van der Waals surface area contributed by atoms with Gasteiger partial charge in [0.2, 0.25) is 0 Å². The molecule has 1 aliphatic heterocycles. The highest BCUT2D eigenvalue weighted by Crippen LogP contribution is 2.09. The van der Waals surface area contributed by atoms with Gasteiger partial charge in [-0.3, -0.25) is 0 Å². The minimum atomic E-state index is 0.403. The number of hydrogen-bond acceptors (Lipinski definition) is 1. The Hall–Kier alpha value is -0.480. The lowest BCUT2D eigenvalue weighted by Crippen LogP contribution is -1.91. The molecule has 0 amide bonds. The molecule has 1 atom stereocenters. The van der Waals surface area contributed by atoms with Crippen molar-refractivity contribution >= 4 is 0 Å². The van der Waals surface area contributed by atoms with Crippen molar-refractivity contribution in [3.05, 3.63) is 0 Å². The minimum absolute atomic E-state index is 0.403. The summed E-state index contributed by atoms with van der Waals surface area (Å²) in [4.78, 5) is 0. The highest BCUT2D eigenvalue weighted by Gasteiger charge is 2.10. The predicted octanol–water partition coefficient (Wildman–Crippen LogP) is 0.656. The van der Waals surface area contributed by atoms with Gasteiger partial charge in [-0.2, -0.15) is 0 Å². The van der Waals surface area contributed by atoms with Crippen LogP contribution in [0.3, 0.4) is 0 Å². The molecule has 0 aliphatic carbocycles. The molecule has 0 bridgehead atoms. The van der Waals surface area contributed by atoms with E-state index in [-0.39, 0.29) is 0 Å². The van der Waals surface area contributed by atoms with Crippen LogP contribution in [-0.2, 0) is 4.74 Å². The Labute approximate surface area is 43.7 Å². The highest BCUT2D eigenvalue weighted by molar-refractivity contribution is 4.94. The first-order valence-corrected chi connectivity index (χ1v) is 2.47. The van der Waals surface area contributed by atoms with E-state index in [2.05, 4.69) is 5.92 Å². The Balaban J connectivity index is 2.31. The molecule has 7 heavy (non-hydrogen) atoms. The van der Waals surface area contributed by atoms with E-state index < -0.39 is 0 Å². The third-order valence-electron chi connectivity index (χ3n) is 1.17. The summed E-state index contributed by atoms with van der Waals surface area (Å²) >= 11 is 0. The van der Waals surface area contributed by atoms with E-state index in [1.165, 1.54) is 0 Å². The average Bonchev–Trinajstić information content (AvgIpc) is 2.14. The van der Waals surface area contributed by atoms with Crippen LogP contribution in [0.1, 0.15) is 6.42 Å². The molecule has 1 heterocycles. The van der Waals surface area contributed by atoms with Gasteiger partial charge in [-0.05, 0) is 6.42 Å². The molecule has 0 spiro atoms. The van der Waals surface area contributed by atoms with Gasteiger partial charge >= 0.3 is 0 Å². The molecule has 0 aromatic rings. The van der Waals surface area contributed by atoms with Crippen molar-refractivity contribution in [2.24, 2.45) is 5.92 Å². The highest BCUT2D eigenvalue weighted by atomic mass is 16.5. The standard InChI is InChI=1S/C6H8O/c1-2-6-3-4-7-5-6/h1,6H,3-5H2/t6-/m1/s1. The second-order valence-electron chi connectivity index (χ2n) is 1.73. The summed E-state index contributed by atoms with van der Waals surface area (Å²) in [6.45, 7) is 1.63. The van der Waals surface area contributed by atoms with Gasteiger partial charge < -0.3 is 4.74 Å². The molecule has 1 nitrogen and oxygen atoms in total. The number of hydrogen-bond donors (Lipinski definition) is 0. The summed E-state index contributed by atoms with van der Waals surface area (Å²) in [5, 5.41) is 0. The molecular weight excluding hydrogens is 88.1 g/mol. The van der Waals surface area contributed by atoms with Gasteiger partial charge in [0.05, 0.1) is 6.61 Å². The lowest BCUT2D eigenvalue weighted by atomic mass is 10.1. The Morgan fingerprint density at radius 1 is 1.71 bits per heavy atom. The largest absolute Gasteiger partial charge is 0.380 e. The average molecular weight is 96.1 g/mol. The maximum Gasteiger partial charge on any atom is 0.0604 e. The molecule has 1 rings (SSSR count). The van der Waals surface area contributed by atoms with Crippen LogP contribution in [-0.4, -0.2) is 13.2 Å². The normalized spacial score (nSPS) is 29.9. The fourth-order valence-corrected chi connectivity index (χ4v) is 0.666. The first-order chi connectivity index (χ1) is 3.43. The van der Waals surface area contributed by atoms with Crippen LogP contribution in [0.5, 0.6) is 0 Å². The third-order valence-corrected chi connectivity index (χ3v) is 1.17. The maximum atomic E-state index is 5.10. The summed E-state index contributed by atoms with van der Waals surface area (Å²) < 4.78 is 5.01. The van der Waals surface area contributed by atoms with Crippen molar-refractivity contribution in [2.75, 3.05) is 13.2 Å². The summed E-state index contributed by atoms with van der Waals surface area (Å²) in [5.41, 5.74) is 0. The van der Waals surface area contributed by atoms with Crippen LogP contribution in [0.4, 0.5) is 0 Å². The first kappa shape index (κ1) is 4.67. The van der Waals surface area contributed by atoms with Gasteiger partial charge in [0.25, 0.3) is 0 Å². The SMILES string of the molecule is C#C[C@@H]1CCOC1. The van der Waals surface area contributed by atoms with Crippen LogP contribution in [0.15, 0.2) is 0 Å². The second-order valence-corrected chi connectivity index (χ2v) is 1.73. The van der Waals surface area contributed by atoms with Gasteiger partial charge in [0.15, 0.2) is 0 Å². The van der Waals surface area contributed by atoms with Gasteiger partial charge in [-0.1, -0.05) is 0 Å². The van der Waals surface area contributed by atoms with E-state index in [4.69, 9.17) is 11.2 Å². The van der Waals surface area contributed by atoms with Gasteiger partial charge in [0, 0.05) is 12.5 Å². The Morgan fingerprint density at radius 2 is 2.57 bits per heavy atom. The summed E-state index contributed by atoms with van der Waals surface area (Å²) in [5.74, 6) is 3.04. The molecular formula is C6H8O. The van der Waals surface area contributed by atoms with Crippen LogP contribution in [0.2, 0.25) is 0 Å². The van der Waals surface area contributed by atoms with Gasteiger partial charge in [0.1, 0.15) is 0 Å². The minimum Gasteiger partial charge on any atom is -0.380 e. The molecule has 0 aromatic carbocycles. The number of terminal acetylenes is 1. The van der Waals surface area contributed by atoms with Crippen molar-refractivity contribution in [3.63, 3.8) is 0 Å². The molecule has 0 unspecified atom stereocenters. The summed E-state index contributed by atoms with van der Waals surface area (Å²) in [6.07, 6.45) is 6.16. The molecule has 0 saturated carbocycles. The molecule has 1 saturated heterocycles. The molecule has 1 aliphatic rings. The van der Waals surface area contributed by atoms with Crippen molar-refractivity contribution < 1.29 is 4.74 Å². The molecule has 38 valence electrons. The lowest BCUT2D eigenvalue weighted by Gasteiger charge is -1.89. The quantitative estimate of drug-likeness (QED) is 0.402. The number of ether oxygens (including phenoxy) is 1. The van der Waals surface area contributed by atoms with Crippen LogP contribution in [0.25, 0.3) is 0 Å². The van der Waals surface area contributed by atoms with E-state index in [0.717, 1.165) is 19.6 Å².